The first kappa shape index (κ1) is 14.2. The minimum atomic E-state index is 0.214. The number of aromatic nitrogens is 2. The van der Waals surface area contributed by atoms with E-state index < -0.39 is 0 Å². The molecule has 0 fully saturated rings. The number of nitrogens with zero attached hydrogens (tertiary/aromatic N) is 2. The zero-order chi connectivity index (χ0) is 14.7. The van der Waals surface area contributed by atoms with Crippen LogP contribution in [0.4, 0.5) is 0 Å². The lowest BCUT2D eigenvalue weighted by molar-refractivity contribution is 0.595. The Morgan fingerprint density at radius 3 is 2.57 bits per heavy atom. The van der Waals surface area contributed by atoms with Gasteiger partial charge in [0.25, 0.3) is 0 Å². The minimum absolute atomic E-state index is 0.214. The first-order chi connectivity index (χ1) is 10.3. The summed E-state index contributed by atoms with van der Waals surface area (Å²) in [4.78, 5) is 8.88. The maximum absolute atomic E-state index is 4.50. The van der Waals surface area contributed by atoms with Gasteiger partial charge in [-0.2, -0.15) is 0 Å². The highest BCUT2D eigenvalue weighted by Gasteiger charge is 2.14. The SMILES string of the molecule is CNC(Cc1ccc(Br)cc1)c1cccc2nccnc12. The maximum Gasteiger partial charge on any atom is 0.0934 e. The van der Waals surface area contributed by atoms with Gasteiger partial charge in [0, 0.05) is 22.9 Å². The number of nitrogens with one attached hydrogen (secondary N) is 1. The van der Waals surface area contributed by atoms with Crippen molar-refractivity contribution in [1.29, 1.82) is 0 Å². The van der Waals surface area contributed by atoms with Crippen molar-refractivity contribution >= 4 is 27.0 Å². The van der Waals surface area contributed by atoms with E-state index in [9.17, 15) is 0 Å². The first-order valence-corrected chi connectivity index (χ1v) is 7.68. The molecule has 106 valence electrons. The second kappa shape index (κ2) is 6.33. The molecule has 1 atom stereocenters. The molecule has 1 aromatic heterocycles. The van der Waals surface area contributed by atoms with Crippen LogP contribution in [0, 0.1) is 0 Å². The van der Waals surface area contributed by atoms with Gasteiger partial charge < -0.3 is 5.32 Å². The first-order valence-electron chi connectivity index (χ1n) is 6.89. The van der Waals surface area contributed by atoms with Crippen molar-refractivity contribution in [3.8, 4) is 0 Å². The number of para-hydroxylation sites is 1. The van der Waals surface area contributed by atoms with Crippen LogP contribution in [0.1, 0.15) is 17.2 Å². The van der Waals surface area contributed by atoms with Crippen molar-refractivity contribution in [2.45, 2.75) is 12.5 Å². The smallest absolute Gasteiger partial charge is 0.0934 e. The van der Waals surface area contributed by atoms with Gasteiger partial charge in [-0.05, 0) is 42.8 Å². The van der Waals surface area contributed by atoms with E-state index in [1.54, 1.807) is 12.4 Å². The highest BCUT2D eigenvalue weighted by Crippen LogP contribution is 2.24. The Hall–Kier alpha value is -1.78. The molecule has 0 aliphatic heterocycles. The molecule has 0 aliphatic carbocycles. The number of likely N-dealkylation sites (N-methyl/N-ethyl adjacent to an activating group) is 1. The molecular weight excluding hydrogens is 326 g/mol. The molecule has 0 radical (unpaired) electrons. The molecule has 1 heterocycles. The molecule has 0 spiro atoms. The fraction of sp³-hybridized carbons (Fsp3) is 0.176. The molecule has 3 rings (SSSR count). The fourth-order valence-electron chi connectivity index (χ4n) is 2.52. The van der Waals surface area contributed by atoms with Crippen molar-refractivity contribution in [2.75, 3.05) is 7.05 Å². The molecule has 0 saturated carbocycles. The highest BCUT2D eigenvalue weighted by atomic mass is 79.9. The summed E-state index contributed by atoms with van der Waals surface area (Å²) in [5.74, 6) is 0. The zero-order valence-electron chi connectivity index (χ0n) is 11.8. The van der Waals surface area contributed by atoms with E-state index in [1.165, 1.54) is 11.1 Å². The standard InChI is InChI=1S/C17H16BrN3/c1-19-16(11-12-5-7-13(18)8-6-12)14-3-2-4-15-17(14)21-10-9-20-15/h2-10,16,19H,11H2,1H3. The van der Waals surface area contributed by atoms with Gasteiger partial charge in [0.15, 0.2) is 0 Å². The number of halogens is 1. The molecule has 21 heavy (non-hydrogen) atoms. The van der Waals surface area contributed by atoms with Gasteiger partial charge >= 0.3 is 0 Å². The third-order valence-corrected chi connectivity index (χ3v) is 4.14. The average molecular weight is 342 g/mol. The Morgan fingerprint density at radius 2 is 1.81 bits per heavy atom. The Bertz CT molecular complexity index is 735. The largest absolute Gasteiger partial charge is 0.313 e. The van der Waals surface area contributed by atoms with E-state index >= 15 is 0 Å². The summed E-state index contributed by atoms with van der Waals surface area (Å²) < 4.78 is 1.10. The zero-order valence-corrected chi connectivity index (χ0v) is 13.3. The molecule has 0 aliphatic rings. The van der Waals surface area contributed by atoms with Gasteiger partial charge in [-0.15, -0.1) is 0 Å². The van der Waals surface area contributed by atoms with E-state index in [0.717, 1.165) is 21.9 Å². The molecule has 4 heteroatoms. The Kier molecular flexibility index (Phi) is 4.27. The summed E-state index contributed by atoms with van der Waals surface area (Å²) in [7, 11) is 1.98. The third kappa shape index (κ3) is 3.12. The van der Waals surface area contributed by atoms with Crippen LogP contribution in [0.2, 0.25) is 0 Å². The van der Waals surface area contributed by atoms with Gasteiger partial charge in [0.05, 0.1) is 11.0 Å². The lowest BCUT2D eigenvalue weighted by atomic mass is 9.97. The number of hydrogen-bond donors (Lipinski definition) is 1. The van der Waals surface area contributed by atoms with Crippen molar-refractivity contribution in [3.63, 3.8) is 0 Å². The summed E-state index contributed by atoms with van der Waals surface area (Å²) in [5.41, 5.74) is 4.38. The average Bonchev–Trinajstić information content (AvgIpc) is 2.54. The van der Waals surface area contributed by atoms with Crippen molar-refractivity contribution in [1.82, 2.24) is 15.3 Å². The molecule has 0 bridgehead atoms. The molecule has 3 aromatic rings. The minimum Gasteiger partial charge on any atom is -0.313 e. The summed E-state index contributed by atoms with van der Waals surface area (Å²) in [6.07, 6.45) is 4.40. The Balaban J connectivity index is 1.96. The number of rotatable bonds is 4. The van der Waals surface area contributed by atoms with Gasteiger partial charge in [0.1, 0.15) is 0 Å². The predicted octanol–water partition coefficient (Wildman–Crippen LogP) is 3.90. The third-order valence-electron chi connectivity index (χ3n) is 3.61. The molecule has 1 unspecified atom stereocenters. The van der Waals surface area contributed by atoms with Crippen LogP contribution in [0.5, 0.6) is 0 Å². The lowest BCUT2D eigenvalue weighted by Crippen LogP contribution is -2.19. The maximum atomic E-state index is 4.50. The highest BCUT2D eigenvalue weighted by molar-refractivity contribution is 9.10. The molecule has 0 amide bonds. The topological polar surface area (TPSA) is 37.8 Å². The van der Waals surface area contributed by atoms with Crippen LogP contribution in [0.25, 0.3) is 11.0 Å². The van der Waals surface area contributed by atoms with E-state index in [1.807, 2.05) is 19.2 Å². The van der Waals surface area contributed by atoms with Gasteiger partial charge in [-0.25, -0.2) is 0 Å². The van der Waals surface area contributed by atoms with Gasteiger partial charge in [-0.3, -0.25) is 9.97 Å². The van der Waals surface area contributed by atoms with E-state index in [4.69, 9.17) is 0 Å². The van der Waals surface area contributed by atoms with Gasteiger partial charge in [-0.1, -0.05) is 40.2 Å². The molecule has 1 N–H and O–H groups in total. The van der Waals surface area contributed by atoms with Gasteiger partial charge in [0.2, 0.25) is 0 Å². The number of hydrogen-bond acceptors (Lipinski definition) is 3. The summed E-state index contributed by atoms with van der Waals surface area (Å²) >= 11 is 3.47. The van der Waals surface area contributed by atoms with Crippen LogP contribution in [0.3, 0.4) is 0 Å². The molecule has 0 saturated heterocycles. The van der Waals surface area contributed by atoms with Crippen LogP contribution in [-0.2, 0) is 6.42 Å². The monoisotopic (exact) mass is 341 g/mol. The predicted molar refractivity (Wildman–Crippen MR) is 89.2 cm³/mol. The van der Waals surface area contributed by atoms with E-state index in [2.05, 4.69) is 61.5 Å². The quantitative estimate of drug-likeness (QED) is 0.782. The molecule has 2 aromatic carbocycles. The van der Waals surface area contributed by atoms with Crippen LogP contribution >= 0.6 is 15.9 Å². The fourth-order valence-corrected chi connectivity index (χ4v) is 2.78. The summed E-state index contributed by atoms with van der Waals surface area (Å²) in [5, 5.41) is 3.39. The van der Waals surface area contributed by atoms with Crippen LogP contribution in [-0.4, -0.2) is 17.0 Å². The van der Waals surface area contributed by atoms with E-state index in [0.29, 0.717) is 0 Å². The second-order valence-corrected chi connectivity index (χ2v) is 5.86. The van der Waals surface area contributed by atoms with Crippen LogP contribution < -0.4 is 5.32 Å². The second-order valence-electron chi connectivity index (χ2n) is 4.94. The Labute approximate surface area is 132 Å². The Morgan fingerprint density at radius 1 is 1.05 bits per heavy atom. The van der Waals surface area contributed by atoms with Crippen molar-refractivity contribution in [2.24, 2.45) is 0 Å². The van der Waals surface area contributed by atoms with Crippen molar-refractivity contribution < 1.29 is 0 Å². The van der Waals surface area contributed by atoms with Crippen LogP contribution in [0.15, 0.2) is 59.3 Å². The normalized spacial score (nSPS) is 12.5. The number of fused-ring (bicyclic) bond motifs is 1. The lowest BCUT2D eigenvalue weighted by Gasteiger charge is -2.18. The van der Waals surface area contributed by atoms with Crippen molar-refractivity contribution in [3.05, 3.63) is 70.5 Å². The summed E-state index contributed by atoms with van der Waals surface area (Å²) in [6, 6.07) is 14.8. The molecule has 3 nitrogen and oxygen atoms in total. The molecular formula is C17H16BrN3. The number of benzene rings is 2. The summed E-state index contributed by atoms with van der Waals surface area (Å²) in [6.45, 7) is 0. The van der Waals surface area contributed by atoms with E-state index in [-0.39, 0.29) is 6.04 Å².